The van der Waals surface area contributed by atoms with Crippen LogP contribution in [0.1, 0.15) is 18.4 Å². The number of hydrogen-bond donors (Lipinski definition) is 2. The topological polar surface area (TPSA) is 36.4 Å². The fraction of sp³-hybridized carbons (Fsp3) is 0.240. The van der Waals surface area contributed by atoms with Gasteiger partial charge in [0.2, 0.25) is 0 Å². The molecule has 0 saturated carbocycles. The molecule has 0 amide bonds. The van der Waals surface area contributed by atoms with Crippen molar-refractivity contribution in [3.63, 3.8) is 0 Å². The molecule has 5 rings (SSSR count). The van der Waals surface area contributed by atoms with E-state index in [2.05, 4.69) is 89.5 Å². The number of thioether (sulfide) groups is 1. The maximum atomic E-state index is 5.15. The van der Waals surface area contributed by atoms with Crippen LogP contribution in [0, 0.1) is 0 Å². The van der Waals surface area contributed by atoms with E-state index in [4.69, 9.17) is 4.99 Å². The first-order valence-corrected chi connectivity index (χ1v) is 11.4. The molecule has 0 atom stereocenters. The second-order valence-electron chi connectivity index (χ2n) is 7.68. The third-order valence-electron chi connectivity index (χ3n) is 5.86. The summed E-state index contributed by atoms with van der Waals surface area (Å²) in [6.07, 6.45) is 2.19. The number of amidine groups is 1. The molecule has 2 aliphatic rings. The van der Waals surface area contributed by atoms with Crippen LogP contribution in [0.25, 0.3) is 11.1 Å². The summed E-state index contributed by atoms with van der Waals surface area (Å²) in [5, 5.41) is 7.50. The number of benzene rings is 3. The zero-order valence-electron chi connectivity index (χ0n) is 16.4. The van der Waals surface area contributed by atoms with Gasteiger partial charge in [-0.05, 0) is 53.2 Å². The zero-order chi connectivity index (χ0) is 19.5. The lowest BCUT2D eigenvalue weighted by molar-refractivity contribution is 0.560. The fourth-order valence-corrected chi connectivity index (χ4v) is 5.45. The third kappa shape index (κ3) is 3.65. The Balaban J connectivity index is 1.50. The van der Waals surface area contributed by atoms with Crippen LogP contribution in [0.4, 0.5) is 11.4 Å². The molecule has 0 aliphatic carbocycles. The van der Waals surface area contributed by atoms with Gasteiger partial charge in [-0.3, -0.25) is 4.99 Å². The van der Waals surface area contributed by atoms with Crippen molar-refractivity contribution in [3.05, 3.63) is 84.4 Å². The Kier molecular flexibility index (Phi) is 5.03. The third-order valence-corrected chi connectivity index (χ3v) is 6.85. The van der Waals surface area contributed by atoms with E-state index in [9.17, 15) is 0 Å². The van der Waals surface area contributed by atoms with Crippen LogP contribution in [0.15, 0.2) is 83.9 Å². The Morgan fingerprint density at radius 2 is 1.48 bits per heavy atom. The molecule has 2 N–H and O–H groups in total. The van der Waals surface area contributed by atoms with E-state index in [1.807, 2.05) is 11.8 Å². The van der Waals surface area contributed by atoms with Gasteiger partial charge in [-0.25, -0.2) is 0 Å². The van der Waals surface area contributed by atoms with Crippen LogP contribution < -0.4 is 10.6 Å². The molecule has 3 aromatic carbocycles. The molecule has 0 radical (unpaired) electrons. The van der Waals surface area contributed by atoms with Crippen molar-refractivity contribution in [3.8, 4) is 11.1 Å². The van der Waals surface area contributed by atoms with Crippen molar-refractivity contribution in [2.24, 2.45) is 4.99 Å². The van der Waals surface area contributed by atoms with Crippen LogP contribution in [-0.4, -0.2) is 22.9 Å². The minimum atomic E-state index is -0.0820. The summed E-state index contributed by atoms with van der Waals surface area (Å²) in [6, 6.07) is 27.6. The van der Waals surface area contributed by atoms with E-state index >= 15 is 0 Å². The Morgan fingerprint density at radius 3 is 2.31 bits per heavy atom. The summed E-state index contributed by atoms with van der Waals surface area (Å²) in [6.45, 7) is 0.673. The van der Waals surface area contributed by atoms with Gasteiger partial charge < -0.3 is 10.6 Å². The summed E-state index contributed by atoms with van der Waals surface area (Å²) in [7, 11) is 0. The number of fused-ring (bicyclic) bond motifs is 1. The van der Waals surface area contributed by atoms with Gasteiger partial charge in [0.25, 0.3) is 0 Å². The minimum absolute atomic E-state index is 0.0820. The smallest absolute Gasteiger partial charge is 0.127 e. The second-order valence-corrected chi connectivity index (χ2v) is 8.90. The molecule has 3 nitrogen and oxygen atoms in total. The first-order chi connectivity index (χ1) is 14.3. The normalized spacial score (nSPS) is 18.7. The van der Waals surface area contributed by atoms with Gasteiger partial charge in [0.15, 0.2) is 0 Å². The highest BCUT2D eigenvalue weighted by Gasteiger charge is 2.40. The van der Waals surface area contributed by atoms with Crippen molar-refractivity contribution >= 4 is 29.0 Å². The van der Waals surface area contributed by atoms with E-state index in [0.29, 0.717) is 6.54 Å². The molecule has 2 aliphatic heterocycles. The lowest BCUT2D eigenvalue weighted by Crippen LogP contribution is -2.54. The number of nitrogens with zero attached hydrogens (tertiary/aromatic N) is 1. The molecular formula is C25H25N3S. The molecule has 1 fully saturated rings. The lowest BCUT2D eigenvalue weighted by atomic mass is 9.87. The Bertz CT molecular complexity index is 1020. The van der Waals surface area contributed by atoms with Crippen LogP contribution in [0.2, 0.25) is 0 Å². The summed E-state index contributed by atoms with van der Waals surface area (Å²) >= 11 is 2.04. The fourth-order valence-electron chi connectivity index (χ4n) is 4.26. The number of anilines is 2. The van der Waals surface area contributed by atoms with E-state index < -0.39 is 0 Å². The van der Waals surface area contributed by atoms with Crippen LogP contribution >= 0.6 is 11.8 Å². The number of aliphatic imine (C=N–C) groups is 1. The molecule has 0 unspecified atom stereocenters. The molecular weight excluding hydrogens is 374 g/mol. The van der Waals surface area contributed by atoms with Gasteiger partial charge in [-0.2, -0.15) is 11.8 Å². The second kappa shape index (κ2) is 7.96. The zero-order valence-corrected chi connectivity index (χ0v) is 17.2. The molecule has 3 aromatic rings. The van der Waals surface area contributed by atoms with Crippen molar-refractivity contribution in [1.82, 2.24) is 0 Å². The Hall–Kier alpha value is -2.72. The van der Waals surface area contributed by atoms with Crippen molar-refractivity contribution in [1.29, 1.82) is 0 Å². The van der Waals surface area contributed by atoms with Gasteiger partial charge in [-0.1, -0.05) is 66.7 Å². The quantitative estimate of drug-likeness (QED) is 0.562. The van der Waals surface area contributed by atoms with Gasteiger partial charge >= 0.3 is 0 Å². The van der Waals surface area contributed by atoms with Gasteiger partial charge in [0, 0.05) is 0 Å². The molecule has 1 spiro atoms. The van der Waals surface area contributed by atoms with Gasteiger partial charge in [0.05, 0.1) is 23.5 Å². The predicted molar refractivity (Wildman–Crippen MR) is 126 cm³/mol. The Labute approximate surface area is 176 Å². The first kappa shape index (κ1) is 18.3. The monoisotopic (exact) mass is 399 g/mol. The largest absolute Gasteiger partial charge is 0.371 e. The maximum Gasteiger partial charge on any atom is 0.127 e. The number of hydrogen-bond acceptors (Lipinski definition) is 3. The number of para-hydroxylation sites is 2. The van der Waals surface area contributed by atoms with Crippen LogP contribution in [0.5, 0.6) is 0 Å². The average molecular weight is 400 g/mol. The van der Waals surface area contributed by atoms with Crippen molar-refractivity contribution in [2.45, 2.75) is 24.9 Å². The number of rotatable bonds is 3. The molecule has 29 heavy (non-hydrogen) atoms. The molecule has 2 heterocycles. The molecule has 0 bridgehead atoms. The van der Waals surface area contributed by atoms with Crippen LogP contribution in [0.3, 0.4) is 0 Å². The van der Waals surface area contributed by atoms with Gasteiger partial charge in [0.1, 0.15) is 5.84 Å². The van der Waals surface area contributed by atoms with E-state index in [1.165, 1.54) is 22.4 Å². The SMILES string of the molecule is c1ccc(-c2ccccc2CN=C2Nc3ccccc3NC23CCSCC3)cc1. The summed E-state index contributed by atoms with van der Waals surface area (Å²) < 4.78 is 0. The highest BCUT2D eigenvalue weighted by atomic mass is 32.2. The van der Waals surface area contributed by atoms with E-state index in [0.717, 1.165) is 35.9 Å². The van der Waals surface area contributed by atoms with Crippen molar-refractivity contribution < 1.29 is 0 Å². The lowest BCUT2D eigenvalue weighted by Gasteiger charge is -2.43. The van der Waals surface area contributed by atoms with Crippen LogP contribution in [-0.2, 0) is 6.54 Å². The summed E-state index contributed by atoms with van der Waals surface area (Å²) in [5.41, 5.74) is 5.98. The average Bonchev–Trinajstić information content (AvgIpc) is 2.79. The van der Waals surface area contributed by atoms with Gasteiger partial charge in [-0.15, -0.1) is 0 Å². The standard InChI is InChI=1S/C25H25N3S/c1-2-8-19(9-3-1)21-11-5-4-10-20(21)18-26-24-25(14-16-29-17-15-25)28-23-13-7-6-12-22(23)27-24/h1-13,28H,14-18H2,(H,26,27). The molecule has 146 valence electrons. The minimum Gasteiger partial charge on any atom is -0.371 e. The Morgan fingerprint density at radius 1 is 0.793 bits per heavy atom. The molecule has 0 aromatic heterocycles. The predicted octanol–water partition coefficient (Wildman–Crippen LogP) is 6.06. The highest BCUT2D eigenvalue weighted by Crippen LogP contribution is 2.39. The van der Waals surface area contributed by atoms with E-state index in [1.54, 1.807) is 0 Å². The molecule has 1 saturated heterocycles. The van der Waals surface area contributed by atoms with E-state index in [-0.39, 0.29) is 5.54 Å². The number of nitrogens with one attached hydrogen (secondary N) is 2. The first-order valence-electron chi connectivity index (χ1n) is 10.2. The summed E-state index contributed by atoms with van der Waals surface area (Å²) in [5.74, 6) is 3.41. The summed E-state index contributed by atoms with van der Waals surface area (Å²) in [4.78, 5) is 5.15. The van der Waals surface area contributed by atoms with Crippen molar-refractivity contribution in [2.75, 3.05) is 22.1 Å². The molecule has 4 heteroatoms. The maximum absolute atomic E-state index is 5.15. The highest BCUT2D eigenvalue weighted by molar-refractivity contribution is 7.99.